The van der Waals surface area contributed by atoms with E-state index in [1.807, 2.05) is 4.72 Å². The highest BCUT2D eigenvalue weighted by Crippen LogP contribution is 2.35. The molecule has 192 valence electrons. The maximum absolute atomic E-state index is 13.2. The fourth-order valence-electron chi connectivity index (χ4n) is 3.50. The zero-order chi connectivity index (χ0) is 26.6. The van der Waals surface area contributed by atoms with E-state index in [0.29, 0.717) is 24.0 Å². The van der Waals surface area contributed by atoms with Gasteiger partial charge in [0.2, 0.25) is 15.9 Å². The molecule has 0 aromatic heterocycles. The topological polar surface area (TPSA) is 203 Å². The van der Waals surface area contributed by atoms with E-state index in [1.165, 1.54) is 31.0 Å². The number of nitrogens with one attached hydrogen (secondary N) is 3. The number of likely N-dealkylation sites (N-methyl/N-ethyl adjacent to an activating group) is 1. The summed E-state index contributed by atoms with van der Waals surface area (Å²) in [6.45, 7) is 2.04. The molecule has 0 aliphatic carbocycles. The molecule has 0 spiro atoms. The number of imide groups is 1. The van der Waals surface area contributed by atoms with Crippen LogP contribution in [0.2, 0.25) is 0 Å². The molecule has 0 radical (unpaired) electrons. The minimum Gasteiger partial charge on any atom is -0.480 e. The van der Waals surface area contributed by atoms with E-state index < -0.39 is 58.5 Å². The summed E-state index contributed by atoms with van der Waals surface area (Å²) in [6.07, 6.45) is 0.943. The molecule has 14 heteroatoms. The molecule has 13 nitrogen and oxygen atoms in total. The summed E-state index contributed by atoms with van der Waals surface area (Å²) < 4.78 is 26.0. The Balaban J connectivity index is 2.10. The van der Waals surface area contributed by atoms with Crippen LogP contribution in [0.4, 0.5) is 4.79 Å². The second-order valence-electron chi connectivity index (χ2n) is 8.28. The predicted octanol–water partition coefficient (Wildman–Crippen LogP) is -0.631. The third kappa shape index (κ3) is 6.14. The number of urea groups is 1. The van der Waals surface area contributed by atoms with Crippen LogP contribution in [0.5, 0.6) is 0 Å². The molecule has 0 unspecified atom stereocenters. The van der Waals surface area contributed by atoms with Crippen LogP contribution in [-0.2, 0) is 29.9 Å². The fourth-order valence-corrected chi connectivity index (χ4v) is 4.91. The number of hydrogen-bond donors (Lipinski definition) is 5. The van der Waals surface area contributed by atoms with Crippen molar-refractivity contribution in [1.82, 2.24) is 19.8 Å². The zero-order valence-corrected chi connectivity index (χ0v) is 20.5. The summed E-state index contributed by atoms with van der Waals surface area (Å²) in [7, 11) is -2.46. The molecule has 2 rings (SSSR count). The molecule has 35 heavy (non-hydrogen) atoms. The van der Waals surface area contributed by atoms with Crippen molar-refractivity contribution in [1.29, 1.82) is 5.41 Å². The lowest BCUT2D eigenvalue weighted by molar-refractivity contribution is -0.139. The lowest BCUT2D eigenvalue weighted by Crippen LogP contribution is -2.50. The number of carbonyl (C=O) groups excluding carboxylic acids is 3. The molecule has 0 bridgehead atoms. The second kappa shape index (κ2) is 10.8. The third-order valence-corrected chi connectivity index (χ3v) is 7.27. The fraction of sp³-hybridized carbons (Fsp3) is 0.476. The second-order valence-corrected chi connectivity index (χ2v) is 10.2. The number of nitrogens with zero attached hydrogens (tertiary/aromatic N) is 2. The molecule has 0 saturated carbocycles. The number of benzene rings is 1. The molecular formula is C21H30N6O7S. The number of amidine groups is 1. The van der Waals surface area contributed by atoms with Gasteiger partial charge in [0.25, 0.3) is 5.91 Å². The van der Waals surface area contributed by atoms with Crippen LogP contribution in [0.1, 0.15) is 37.8 Å². The van der Waals surface area contributed by atoms with Crippen molar-refractivity contribution in [2.24, 2.45) is 5.73 Å². The maximum Gasteiger partial charge on any atom is 0.328 e. The van der Waals surface area contributed by atoms with Gasteiger partial charge in [-0.2, -0.15) is 4.72 Å². The summed E-state index contributed by atoms with van der Waals surface area (Å²) in [5.74, 6) is -3.41. The van der Waals surface area contributed by atoms with Crippen LogP contribution in [-0.4, -0.2) is 84.9 Å². The van der Waals surface area contributed by atoms with Crippen LogP contribution in [0.25, 0.3) is 0 Å². The highest BCUT2D eigenvalue weighted by Gasteiger charge is 2.54. The Labute approximate surface area is 203 Å². The first-order valence-corrected chi connectivity index (χ1v) is 12.4. The summed E-state index contributed by atoms with van der Waals surface area (Å²) in [5, 5.41) is 19.0. The number of nitrogen functional groups attached to an aromatic ring is 1. The highest BCUT2D eigenvalue weighted by molar-refractivity contribution is 7.89. The monoisotopic (exact) mass is 510 g/mol. The third-order valence-electron chi connectivity index (χ3n) is 5.80. The van der Waals surface area contributed by atoms with Gasteiger partial charge in [-0.05, 0) is 18.9 Å². The zero-order valence-electron chi connectivity index (χ0n) is 19.7. The first kappa shape index (κ1) is 27.7. The smallest absolute Gasteiger partial charge is 0.328 e. The number of hydrogen-bond acceptors (Lipinski definition) is 7. The molecular weight excluding hydrogens is 480 g/mol. The SMILES string of the molecule is CCCCS(=O)(=O)N[C@@H](CNC(=O)CN1C(=O)N(C)[C@@](C)(c2ccc(C(=N)N)cc2)C1=O)C(=O)O. The normalized spacial score (nSPS) is 19.1. The van der Waals surface area contributed by atoms with Gasteiger partial charge in [-0.1, -0.05) is 37.6 Å². The molecule has 1 aliphatic rings. The number of sulfonamides is 1. The maximum atomic E-state index is 13.2. The van der Waals surface area contributed by atoms with Gasteiger partial charge in [0.1, 0.15) is 24.0 Å². The van der Waals surface area contributed by atoms with Crippen molar-refractivity contribution in [3.05, 3.63) is 35.4 Å². The van der Waals surface area contributed by atoms with Crippen molar-refractivity contribution >= 4 is 39.7 Å². The predicted molar refractivity (Wildman–Crippen MR) is 126 cm³/mol. The van der Waals surface area contributed by atoms with Gasteiger partial charge < -0.3 is 21.1 Å². The standard InChI is InChI=1S/C21H30N6O7S/c1-4-5-10-35(33,34)25-15(18(29)30)11-24-16(28)12-27-19(31)21(2,26(3)20(27)32)14-8-6-13(7-9-14)17(22)23/h6-9,15,25H,4-5,10-12H2,1-3H3,(H3,22,23)(H,24,28)(H,29,30)/t15-,21-/m0/s1. The number of unbranched alkanes of at least 4 members (excludes halogenated alkanes) is 1. The molecule has 1 aliphatic heterocycles. The van der Waals surface area contributed by atoms with Gasteiger partial charge in [-0.15, -0.1) is 0 Å². The largest absolute Gasteiger partial charge is 0.480 e. The molecule has 1 aromatic rings. The van der Waals surface area contributed by atoms with E-state index >= 15 is 0 Å². The molecule has 1 heterocycles. The van der Waals surface area contributed by atoms with E-state index in [0.717, 1.165) is 4.90 Å². The van der Waals surface area contributed by atoms with Gasteiger partial charge >= 0.3 is 12.0 Å². The minimum absolute atomic E-state index is 0.158. The van der Waals surface area contributed by atoms with Crippen molar-refractivity contribution in [3.8, 4) is 0 Å². The average Bonchev–Trinajstić information content (AvgIpc) is 2.96. The van der Waals surface area contributed by atoms with Crippen molar-refractivity contribution in [2.75, 3.05) is 25.9 Å². The number of rotatable bonds is 12. The number of amides is 4. The van der Waals surface area contributed by atoms with Crippen molar-refractivity contribution in [3.63, 3.8) is 0 Å². The number of carboxylic acid groups (broad SMARTS) is 1. The number of nitrogens with two attached hydrogens (primary N) is 1. The van der Waals surface area contributed by atoms with Crippen LogP contribution >= 0.6 is 0 Å². The van der Waals surface area contributed by atoms with Crippen LogP contribution in [0, 0.1) is 5.41 Å². The first-order chi connectivity index (χ1) is 16.2. The van der Waals surface area contributed by atoms with Crippen LogP contribution in [0.15, 0.2) is 24.3 Å². The van der Waals surface area contributed by atoms with Crippen LogP contribution < -0.4 is 15.8 Å². The first-order valence-electron chi connectivity index (χ1n) is 10.8. The van der Waals surface area contributed by atoms with Crippen molar-refractivity contribution in [2.45, 2.75) is 38.3 Å². The lowest BCUT2D eigenvalue weighted by Gasteiger charge is -2.29. The number of carbonyl (C=O) groups is 4. The quantitative estimate of drug-likeness (QED) is 0.139. The Bertz CT molecular complexity index is 1120. The average molecular weight is 511 g/mol. The molecule has 1 fully saturated rings. The van der Waals surface area contributed by atoms with Crippen LogP contribution in [0.3, 0.4) is 0 Å². The van der Waals surface area contributed by atoms with Gasteiger partial charge in [0.15, 0.2) is 0 Å². The Kier molecular flexibility index (Phi) is 8.57. The Morgan fingerprint density at radius 1 is 1.23 bits per heavy atom. The molecule has 2 atom stereocenters. The van der Waals surface area contributed by atoms with E-state index in [-0.39, 0.29) is 11.6 Å². The molecule has 1 saturated heterocycles. The summed E-state index contributed by atoms with van der Waals surface area (Å²) >= 11 is 0. The Morgan fingerprint density at radius 2 is 1.83 bits per heavy atom. The molecule has 6 N–H and O–H groups in total. The number of aliphatic carboxylic acids is 1. The van der Waals surface area contributed by atoms with E-state index in [9.17, 15) is 32.7 Å². The van der Waals surface area contributed by atoms with Gasteiger partial charge in [0, 0.05) is 19.2 Å². The Hall–Kier alpha value is -3.52. The number of carboxylic acids is 1. The Morgan fingerprint density at radius 3 is 2.34 bits per heavy atom. The van der Waals surface area contributed by atoms with Gasteiger partial charge in [-0.3, -0.25) is 24.7 Å². The van der Waals surface area contributed by atoms with E-state index in [4.69, 9.17) is 11.1 Å². The molecule has 4 amide bonds. The summed E-state index contributed by atoms with van der Waals surface area (Å²) in [5.41, 5.74) is 4.91. The van der Waals surface area contributed by atoms with Gasteiger partial charge in [0.05, 0.1) is 5.75 Å². The summed E-state index contributed by atoms with van der Waals surface area (Å²) in [4.78, 5) is 51.7. The lowest BCUT2D eigenvalue weighted by atomic mass is 9.90. The van der Waals surface area contributed by atoms with Gasteiger partial charge in [-0.25, -0.2) is 13.2 Å². The minimum atomic E-state index is -3.87. The molecule has 1 aromatic carbocycles. The van der Waals surface area contributed by atoms with E-state index in [1.54, 1.807) is 19.1 Å². The summed E-state index contributed by atoms with van der Waals surface area (Å²) in [6, 6.07) is 3.85. The van der Waals surface area contributed by atoms with Crippen molar-refractivity contribution < 1.29 is 32.7 Å². The highest BCUT2D eigenvalue weighted by atomic mass is 32.2. The van der Waals surface area contributed by atoms with E-state index in [2.05, 4.69) is 5.32 Å².